The van der Waals surface area contributed by atoms with Crippen LogP contribution in [-0.4, -0.2) is 24.5 Å². The highest BCUT2D eigenvalue weighted by Gasteiger charge is 2.45. The molecule has 1 saturated heterocycles. The molecule has 2 rings (SSSR count). The van der Waals surface area contributed by atoms with Crippen molar-refractivity contribution in [2.24, 2.45) is 11.3 Å². The summed E-state index contributed by atoms with van der Waals surface area (Å²) >= 11 is 0. The molecule has 1 heterocycles. The third-order valence-corrected chi connectivity index (χ3v) is 3.53. The summed E-state index contributed by atoms with van der Waals surface area (Å²) in [6.45, 7) is 1.20. The third kappa shape index (κ3) is 1.71. The van der Waals surface area contributed by atoms with E-state index in [-0.39, 0.29) is 5.41 Å². The first-order valence-electron chi connectivity index (χ1n) is 5.14. The number of piperidine rings is 1. The minimum atomic E-state index is -2.24. The lowest BCUT2D eigenvalue weighted by Gasteiger charge is -2.52. The zero-order valence-corrected chi connectivity index (χ0v) is 8.10. The first-order chi connectivity index (χ1) is 6.11. The Hall–Kier alpha value is -0.180. The van der Waals surface area contributed by atoms with E-state index in [4.69, 9.17) is 0 Å². The lowest BCUT2D eigenvalue weighted by Crippen LogP contribution is -2.51. The molecule has 1 aliphatic heterocycles. The molecule has 3 heteroatoms. The molecule has 0 aromatic heterocycles. The SMILES string of the molecule is CC1CC2(CCCN(C(F)F)C2)C1. The van der Waals surface area contributed by atoms with Crippen molar-refractivity contribution in [2.45, 2.75) is 39.2 Å². The van der Waals surface area contributed by atoms with Gasteiger partial charge in [-0.15, -0.1) is 0 Å². The summed E-state index contributed by atoms with van der Waals surface area (Å²) in [4.78, 5) is 1.34. The number of likely N-dealkylation sites (tertiary alicyclic amines) is 1. The Kier molecular flexibility index (Phi) is 2.30. The van der Waals surface area contributed by atoms with E-state index in [1.807, 2.05) is 0 Å². The van der Waals surface area contributed by atoms with E-state index in [9.17, 15) is 8.78 Å². The van der Waals surface area contributed by atoms with Crippen molar-refractivity contribution >= 4 is 0 Å². The fourth-order valence-corrected chi connectivity index (χ4v) is 3.16. The van der Waals surface area contributed by atoms with Crippen LogP contribution in [0, 0.1) is 11.3 Å². The number of hydrogen-bond acceptors (Lipinski definition) is 1. The van der Waals surface area contributed by atoms with Crippen molar-refractivity contribution in [1.29, 1.82) is 0 Å². The lowest BCUT2D eigenvalue weighted by molar-refractivity contribution is -0.103. The zero-order chi connectivity index (χ0) is 9.47. The van der Waals surface area contributed by atoms with Gasteiger partial charge in [0.25, 0.3) is 6.55 Å². The van der Waals surface area contributed by atoms with Gasteiger partial charge in [0.1, 0.15) is 0 Å². The first kappa shape index (κ1) is 9.38. The molecule has 0 aromatic rings. The van der Waals surface area contributed by atoms with E-state index in [1.54, 1.807) is 0 Å². The highest BCUT2D eigenvalue weighted by atomic mass is 19.3. The summed E-state index contributed by atoms with van der Waals surface area (Å²) in [5, 5.41) is 0. The summed E-state index contributed by atoms with van der Waals surface area (Å²) in [6, 6.07) is 0. The molecular weight excluding hydrogens is 172 g/mol. The van der Waals surface area contributed by atoms with Gasteiger partial charge in [0.15, 0.2) is 0 Å². The molecule has 0 radical (unpaired) electrons. The van der Waals surface area contributed by atoms with Gasteiger partial charge in [-0.25, -0.2) is 4.90 Å². The van der Waals surface area contributed by atoms with Gasteiger partial charge in [-0.05, 0) is 37.0 Å². The summed E-state index contributed by atoms with van der Waals surface area (Å²) in [6.07, 6.45) is 4.45. The molecule has 0 N–H and O–H groups in total. The minimum Gasteiger partial charge on any atom is -0.247 e. The Bertz CT molecular complexity index is 182. The van der Waals surface area contributed by atoms with Crippen LogP contribution in [0.25, 0.3) is 0 Å². The van der Waals surface area contributed by atoms with Crippen molar-refractivity contribution < 1.29 is 8.78 Å². The maximum atomic E-state index is 12.4. The third-order valence-electron chi connectivity index (χ3n) is 3.53. The minimum absolute atomic E-state index is 0.272. The van der Waals surface area contributed by atoms with E-state index in [0.717, 1.165) is 25.2 Å². The Labute approximate surface area is 78.1 Å². The summed E-state index contributed by atoms with van der Waals surface area (Å²) in [7, 11) is 0. The van der Waals surface area contributed by atoms with Gasteiger partial charge in [0.2, 0.25) is 0 Å². The van der Waals surface area contributed by atoms with Gasteiger partial charge >= 0.3 is 0 Å². The largest absolute Gasteiger partial charge is 0.294 e. The second kappa shape index (κ2) is 3.19. The number of alkyl halides is 2. The highest BCUT2D eigenvalue weighted by molar-refractivity contribution is 4.96. The summed E-state index contributed by atoms with van der Waals surface area (Å²) in [5.41, 5.74) is 0.272. The predicted octanol–water partition coefficient (Wildman–Crippen LogP) is 2.72. The van der Waals surface area contributed by atoms with Gasteiger partial charge in [-0.2, -0.15) is 8.78 Å². The predicted molar refractivity (Wildman–Crippen MR) is 47.6 cm³/mol. The van der Waals surface area contributed by atoms with E-state index < -0.39 is 6.55 Å². The van der Waals surface area contributed by atoms with Crippen LogP contribution in [0.15, 0.2) is 0 Å². The van der Waals surface area contributed by atoms with Crippen LogP contribution in [-0.2, 0) is 0 Å². The molecule has 0 unspecified atom stereocenters. The molecule has 1 spiro atoms. The van der Waals surface area contributed by atoms with E-state index in [2.05, 4.69) is 6.92 Å². The van der Waals surface area contributed by atoms with Crippen molar-refractivity contribution in [2.75, 3.05) is 13.1 Å². The molecule has 0 amide bonds. The average Bonchev–Trinajstić information content (AvgIpc) is 2.02. The normalized spacial score (nSPS) is 41.1. The van der Waals surface area contributed by atoms with Gasteiger partial charge < -0.3 is 0 Å². The number of nitrogens with zero attached hydrogens (tertiary/aromatic N) is 1. The van der Waals surface area contributed by atoms with Gasteiger partial charge in [-0.3, -0.25) is 0 Å². The molecule has 1 aliphatic carbocycles. The van der Waals surface area contributed by atoms with Crippen LogP contribution >= 0.6 is 0 Å². The van der Waals surface area contributed by atoms with Crippen molar-refractivity contribution in [3.8, 4) is 0 Å². The number of hydrogen-bond donors (Lipinski definition) is 0. The summed E-state index contributed by atoms with van der Waals surface area (Å²) in [5.74, 6) is 0.762. The van der Waals surface area contributed by atoms with Crippen molar-refractivity contribution in [3.05, 3.63) is 0 Å². The molecule has 0 bridgehead atoms. The van der Waals surface area contributed by atoms with Crippen LogP contribution in [0.2, 0.25) is 0 Å². The molecule has 2 fully saturated rings. The quantitative estimate of drug-likeness (QED) is 0.573. The van der Waals surface area contributed by atoms with E-state index in [1.165, 1.54) is 11.3 Å². The molecule has 2 aliphatic rings. The fraction of sp³-hybridized carbons (Fsp3) is 1.00. The molecule has 13 heavy (non-hydrogen) atoms. The molecule has 76 valence electrons. The summed E-state index contributed by atoms with van der Waals surface area (Å²) < 4.78 is 24.9. The topological polar surface area (TPSA) is 3.24 Å². The molecule has 0 atom stereocenters. The van der Waals surface area contributed by atoms with Crippen LogP contribution in [0.1, 0.15) is 32.6 Å². The van der Waals surface area contributed by atoms with Gasteiger partial charge in [0, 0.05) is 13.1 Å². The average molecular weight is 189 g/mol. The standard InChI is InChI=1S/C10H17F2N/c1-8-5-10(6-8)3-2-4-13(7-10)9(11)12/h8-9H,2-7H2,1H3. The second-order valence-electron chi connectivity index (χ2n) is 4.87. The maximum Gasteiger partial charge on any atom is 0.294 e. The maximum absolute atomic E-state index is 12.4. The van der Waals surface area contributed by atoms with Gasteiger partial charge in [0.05, 0.1) is 0 Å². The molecule has 0 aromatic carbocycles. The van der Waals surface area contributed by atoms with Crippen molar-refractivity contribution in [1.82, 2.24) is 4.90 Å². The lowest BCUT2D eigenvalue weighted by atomic mass is 9.59. The van der Waals surface area contributed by atoms with E-state index >= 15 is 0 Å². The fourth-order valence-electron chi connectivity index (χ4n) is 3.16. The number of halogens is 2. The first-order valence-corrected chi connectivity index (χ1v) is 5.14. The molecular formula is C10H17F2N. The zero-order valence-electron chi connectivity index (χ0n) is 8.10. The Morgan fingerprint density at radius 2 is 2.08 bits per heavy atom. The monoisotopic (exact) mass is 189 g/mol. The highest BCUT2D eigenvalue weighted by Crippen LogP contribution is 2.51. The molecule has 1 nitrogen and oxygen atoms in total. The van der Waals surface area contributed by atoms with Crippen LogP contribution in [0.4, 0.5) is 8.78 Å². The Balaban J connectivity index is 1.93. The molecule has 1 saturated carbocycles. The van der Waals surface area contributed by atoms with Crippen LogP contribution < -0.4 is 0 Å². The van der Waals surface area contributed by atoms with E-state index in [0.29, 0.717) is 13.1 Å². The Morgan fingerprint density at radius 3 is 2.62 bits per heavy atom. The van der Waals surface area contributed by atoms with Crippen molar-refractivity contribution in [3.63, 3.8) is 0 Å². The second-order valence-corrected chi connectivity index (χ2v) is 4.87. The van der Waals surface area contributed by atoms with Crippen LogP contribution in [0.3, 0.4) is 0 Å². The Morgan fingerprint density at radius 1 is 1.38 bits per heavy atom. The smallest absolute Gasteiger partial charge is 0.247 e. The number of rotatable bonds is 1. The van der Waals surface area contributed by atoms with Crippen LogP contribution in [0.5, 0.6) is 0 Å². The van der Waals surface area contributed by atoms with Gasteiger partial charge in [-0.1, -0.05) is 6.92 Å².